The Bertz CT molecular complexity index is 763. The van der Waals surface area contributed by atoms with Crippen molar-refractivity contribution < 1.29 is 4.79 Å². The average molecular weight is 292 g/mol. The van der Waals surface area contributed by atoms with Crippen LogP contribution in [0.1, 0.15) is 15.9 Å². The molecule has 0 unspecified atom stereocenters. The fourth-order valence-electron chi connectivity index (χ4n) is 2.16. The minimum Gasteiger partial charge on any atom is -0.369 e. The van der Waals surface area contributed by atoms with Crippen LogP contribution in [0.2, 0.25) is 0 Å². The molecule has 0 aliphatic carbocycles. The Labute approximate surface area is 128 Å². The minimum absolute atomic E-state index is 0.0778. The van der Waals surface area contributed by atoms with E-state index in [-0.39, 0.29) is 5.91 Å². The third-order valence-electron chi connectivity index (χ3n) is 3.35. The van der Waals surface area contributed by atoms with Crippen molar-refractivity contribution in [2.24, 2.45) is 0 Å². The molecule has 5 heteroatoms. The first-order valence-electron chi connectivity index (χ1n) is 6.95. The van der Waals surface area contributed by atoms with Gasteiger partial charge < -0.3 is 16.0 Å². The molecule has 0 fully saturated rings. The van der Waals surface area contributed by atoms with Crippen LogP contribution >= 0.6 is 0 Å². The van der Waals surface area contributed by atoms with Crippen LogP contribution in [0.3, 0.4) is 0 Å². The highest BCUT2D eigenvalue weighted by Gasteiger charge is 2.05. The Hall–Kier alpha value is -3.08. The zero-order valence-corrected chi connectivity index (χ0v) is 11.9. The molecule has 0 aliphatic heterocycles. The largest absolute Gasteiger partial charge is 0.369 e. The van der Waals surface area contributed by atoms with Gasteiger partial charge in [-0.25, -0.2) is 4.98 Å². The third-order valence-corrected chi connectivity index (χ3v) is 3.35. The number of aromatic nitrogens is 2. The van der Waals surface area contributed by atoms with E-state index < -0.39 is 0 Å². The Kier molecular flexibility index (Phi) is 3.87. The smallest absolute Gasteiger partial charge is 0.251 e. The van der Waals surface area contributed by atoms with Gasteiger partial charge in [0.15, 0.2) is 5.95 Å². The van der Waals surface area contributed by atoms with Crippen LogP contribution in [-0.4, -0.2) is 15.9 Å². The second-order valence-corrected chi connectivity index (χ2v) is 4.93. The Morgan fingerprint density at radius 2 is 1.82 bits per heavy atom. The van der Waals surface area contributed by atoms with Crippen molar-refractivity contribution in [3.8, 4) is 11.3 Å². The lowest BCUT2D eigenvalue weighted by Crippen LogP contribution is -2.22. The third kappa shape index (κ3) is 3.15. The van der Waals surface area contributed by atoms with Crippen molar-refractivity contribution in [2.45, 2.75) is 6.54 Å². The van der Waals surface area contributed by atoms with E-state index in [0.717, 1.165) is 16.8 Å². The van der Waals surface area contributed by atoms with Crippen molar-refractivity contribution in [1.82, 2.24) is 15.3 Å². The summed E-state index contributed by atoms with van der Waals surface area (Å²) in [4.78, 5) is 18.9. The van der Waals surface area contributed by atoms with Gasteiger partial charge in [0.2, 0.25) is 0 Å². The van der Waals surface area contributed by atoms with Gasteiger partial charge >= 0.3 is 0 Å². The molecule has 4 N–H and O–H groups in total. The molecule has 2 aromatic carbocycles. The lowest BCUT2D eigenvalue weighted by molar-refractivity contribution is 0.0951. The topological polar surface area (TPSA) is 83.8 Å². The van der Waals surface area contributed by atoms with Crippen LogP contribution < -0.4 is 11.1 Å². The van der Waals surface area contributed by atoms with Crippen LogP contribution in [0.4, 0.5) is 5.95 Å². The average Bonchev–Trinajstić information content (AvgIpc) is 3.00. The van der Waals surface area contributed by atoms with Crippen LogP contribution in [-0.2, 0) is 6.54 Å². The van der Waals surface area contributed by atoms with Crippen molar-refractivity contribution in [3.63, 3.8) is 0 Å². The number of nitrogen functional groups attached to an aromatic ring is 1. The number of nitrogens with zero attached hydrogens (tertiary/aromatic N) is 1. The van der Waals surface area contributed by atoms with Crippen molar-refractivity contribution in [2.75, 3.05) is 5.73 Å². The minimum atomic E-state index is -0.0778. The molecule has 1 heterocycles. The van der Waals surface area contributed by atoms with E-state index in [1.807, 2.05) is 42.5 Å². The highest BCUT2D eigenvalue weighted by Crippen LogP contribution is 2.18. The number of hydrogen-bond donors (Lipinski definition) is 3. The first-order chi connectivity index (χ1) is 10.7. The summed E-state index contributed by atoms with van der Waals surface area (Å²) in [6.45, 7) is 0.485. The molecule has 3 rings (SSSR count). The maximum atomic E-state index is 12.0. The molecule has 0 bridgehead atoms. The Morgan fingerprint density at radius 3 is 2.45 bits per heavy atom. The second-order valence-electron chi connectivity index (χ2n) is 4.93. The van der Waals surface area contributed by atoms with E-state index >= 15 is 0 Å². The molecule has 5 nitrogen and oxygen atoms in total. The van der Waals surface area contributed by atoms with Gasteiger partial charge in [-0.1, -0.05) is 42.5 Å². The van der Waals surface area contributed by atoms with Crippen LogP contribution in [0, 0.1) is 0 Å². The molecule has 0 atom stereocenters. The second kappa shape index (κ2) is 6.13. The zero-order valence-electron chi connectivity index (χ0n) is 11.9. The van der Waals surface area contributed by atoms with E-state index in [4.69, 9.17) is 5.73 Å². The monoisotopic (exact) mass is 292 g/mol. The van der Waals surface area contributed by atoms with E-state index in [1.54, 1.807) is 18.3 Å². The van der Waals surface area contributed by atoms with Gasteiger partial charge in [-0.2, -0.15) is 0 Å². The molecule has 22 heavy (non-hydrogen) atoms. The molecule has 0 saturated carbocycles. The Morgan fingerprint density at radius 1 is 1.09 bits per heavy atom. The zero-order chi connectivity index (χ0) is 15.4. The van der Waals surface area contributed by atoms with Crippen molar-refractivity contribution in [3.05, 3.63) is 71.9 Å². The normalized spacial score (nSPS) is 10.4. The van der Waals surface area contributed by atoms with Crippen molar-refractivity contribution in [1.29, 1.82) is 0 Å². The molecule has 0 aliphatic rings. The number of imidazole rings is 1. The highest BCUT2D eigenvalue weighted by molar-refractivity contribution is 5.94. The first kappa shape index (κ1) is 13.9. The number of benzene rings is 2. The number of nitrogens with one attached hydrogen (secondary N) is 2. The number of hydrogen-bond acceptors (Lipinski definition) is 3. The van der Waals surface area contributed by atoms with Gasteiger partial charge in [0.1, 0.15) is 0 Å². The van der Waals surface area contributed by atoms with E-state index in [1.165, 1.54) is 0 Å². The van der Waals surface area contributed by atoms with Crippen LogP contribution in [0.5, 0.6) is 0 Å². The molecule has 0 radical (unpaired) electrons. The quantitative estimate of drug-likeness (QED) is 0.691. The fourth-order valence-corrected chi connectivity index (χ4v) is 2.16. The van der Waals surface area contributed by atoms with Gasteiger partial charge in [-0.3, -0.25) is 4.79 Å². The molecule has 1 aromatic heterocycles. The molecular formula is C17H16N4O. The lowest BCUT2D eigenvalue weighted by atomic mass is 10.1. The molecule has 0 saturated heterocycles. The highest BCUT2D eigenvalue weighted by atomic mass is 16.1. The molecule has 1 amide bonds. The summed E-state index contributed by atoms with van der Waals surface area (Å²) in [7, 11) is 0. The number of nitrogens with two attached hydrogens (primary N) is 1. The summed E-state index contributed by atoms with van der Waals surface area (Å²) in [6.07, 6.45) is 1.70. The van der Waals surface area contributed by atoms with Gasteiger partial charge in [-0.15, -0.1) is 0 Å². The van der Waals surface area contributed by atoms with E-state index in [2.05, 4.69) is 15.3 Å². The lowest BCUT2D eigenvalue weighted by Gasteiger charge is -2.06. The standard InChI is InChI=1S/C17H16N4O/c18-17-20-11-15(21-17)13-8-6-12(7-9-13)10-19-16(22)14-4-2-1-3-5-14/h1-9,11H,10H2,(H,19,22)(H3,18,20,21). The number of aromatic amines is 1. The summed E-state index contributed by atoms with van der Waals surface area (Å²) in [5, 5.41) is 2.90. The summed E-state index contributed by atoms with van der Waals surface area (Å²) in [5.74, 6) is 0.320. The predicted octanol–water partition coefficient (Wildman–Crippen LogP) is 2.59. The molecule has 0 spiro atoms. The number of anilines is 1. The SMILES string of the molecule is Nc1ncc(-c2ccc(CNC(=O)c3ccccc3)cc2)[nH]1. The number of carbonyl (C=O) groups excluding carboxylic acids is 1. The summed E-state index contributed by atoms with van der Waals surface area (Å²) < 4.78 is 0. The van der Waals surface area contributed by atoms with Crippen LogP contribution in [0.15, 0.2) is 60.8 Å². The summed E-state index contributed by atoms with van der Waals surface area (Å²) in [5.41, 5.74) is 9.13. The van der Waals surface area contributed by atoms with E-state index in [0.29, 0.717) is 18.1 Å². The maximum absolute atomic E-state index is 12.0. The predicted molar refractivity (Wildman–Crippen MR) is 86.0 cm³/mol. The van der Waals surface area contributed by atoms with Gasteiger partial charge in [0.25, 0.3) is 5.91 Å². The number of carbonyl (C=O) groups is 1. The fraction of sp³-hybridized carbons (Fsp3) is 0.0588. The summed E-state index contributed by atoms with van der Waals surface area (Å²) >= 11 is 0. The molecule has 3 aromatic rings. The number of amides is 1. The van der Waals surface area contributed by atoms with E-state index in [9.17, 15) is 4.79 Å². The van der Waals surface area contributed by atoms with Crippen LogP contribution in [0.25, 0.3) is 11.3 Å². The maximum Gasteiger partial charge on any atom is 0.251 e. The molecule has 110 valence electrons. The van der Waals surface area contributed by atoms with Crippen molar-refractivity contribution >= 4 is 11.9 Å². The number of H-pyrrole nitrogens is 1. The first-order valence-corrected chi connectivity index (χ1v) is 6.95. The molecular weight excluding hydrogens is 276 g/mol. The van der Waals surface area contributed by atoms with Gasteiger partial charge in [-0.05, 0) is 23.3 Å². The van der Waals surface area contributed by atoms with Gasteiger partial charge in [0, 0.05) is 12.1 Å². The Balaban J connectivity index is 1.63. The summed E-state index contributed by atoms with van der Waals surface area (Å²) in [6, 6.07) is 17.0. The van der Waals surface area contributed by atoms with Gasteiger partial charge in [0.05, 0.1) is 11.9 Å². The number of rotatable bonds is 4.